The number of hydrogen-bond donors (Lipinski definition) is 7. The first-order valence-electron chi connectivity index (χ1n) is 45.9. The van der Waals surface area contributed by atoms with Crippen LogP contribution in [-0.4, -0.2) is 432 Å². The molecule has 0 aromatic carbocycles. The van der Waals surface area contributed by atoms with Gasteiger partial charge in [0.05, 0.1) is 359 Å². The molecule has 0 aliphatic rings. The number of ether oxygens (including phenoxy) is 27. The van der Waals surface area contributed by atoms with Crippen molar-refractivity contribution >= 4 is 0 Å². The minimum Gasteiger partial charge on any atom is -0.394 e. The summed E-state index contributed by atoms with van der Waals surface area (Å²) in [5.74, 6) is 2.72. The van der Waals surface area contributed by atoms with E-state index in [-0.39, 0.29) is 174 Å². The molecule has 0 aromatic rings. The number of hydrogen-bond acceptors (Lipinski definition) is 36. The topological polar surface area (TPSA) is 438 Å². The summed E-state index contributed by atoms with van der Waals surface area (Å²) in [4.78, 5) is 0. The number of aliphatic hydroxyl groups is 7. The number of nitriles is 2. The fraction of sp³-hybridized carbons (Fsp3) is 0.956. The van der Waals surface area contributed by atoms with Gasteiger partial charge in [-0.05, 0) is 115 Å². The lowest BCUT2D eigenvalue weighted by Gasteiger charge is -2.35. The lowest BCUT2D eigenvalue weighted by molar-refractivity contribution is -0.188. The van der Waals surface area contributed by atoms with Crippen molar-refractivity contribution < 1.29 is 164 Å². The van der Waals surface area contributed by atoms with Gasteiger partial charge in [0, 0.05) is 45.4 Å². The zero-order chi connectivity index (χ0) is 95.9. The van der Waals surface area contributed by atoms with Gasteiger partial charge < -0.3 is 164 Å². The third-order valence-electron chi connectivity index (χ3n) is 15.0. The summed E-state index contributed by atoms with van der Waals surface area (Å²) in [5, 5.41) is 78.1. The minimum absolute atomic E-state index is 0.00400. The molecule has 0 rings (SSSR count). The Labute approximate surface area is 766 Å². The van der Waals surface area contributed by atoms with Crippen LogP contribution in [0.2, 0.25) is 0 Å². The highest BCUT2D eigenvalue weighted by molar-refractivity contribution is 4.87. The molecule has 0 radical (unpaired) electrons. The van der Waals surface area contributed by atoms with Gasteiger partial charge in [-0.15, -0.1) is 12.3 Å². The molecule has 7 N–H and O–H groups in total. The van der Waals surface area contributed by atoms with Crippen LogP contribution in [0.15, 0.2) is 0 Å². The van der Waals surface area contributed by atoms with Crippen molar-refractivity contribution in [1.29, 1.82) is 10.5 Å². The lowest BCUT2D eigenvalue weighted by atomic mass is 10.1. The summed E-state index contributed by atoms with van der Waals surface area (Å²) in [5.41, 5.74) is -2.27. The van der Waals surface area contributed by atoms with Gasteiger partial charge in [-0.2, -0.15) is 10.5 Å². The van der Waals surface area contributed by atoms with Gasteiger partial charge in [-0.3, -0.25) is 0 Å². The lowest BCUT2D eigenvalue weighted by Crippen LogP contribution is -2.49. The maximum absolute atomic E-state index is 8.81. The molecule has 36 heteroatoms. The zero-order valence-corrected chi connectivity index (χ0v) is 81.8. The number of terminal acetylenes is 1. The molecule has 3 unspecified atom stereocenters. The molecule has 0 aliphatic heterocycles. The highest BCUT2D eigenvalue weighted by Gasteiger charge is 2.37. The predicted molar refractivity (Wildman–Crippen MR) is 484 cm³/mol. The van der Waals surface area contributed by atoms with Gasteiger partial charge in [0.1, 0.15) is 29.0 Å². The van der Waals surface area contributed by atoms with Crippen molar-refractivity contribution in [2.75, 3.05) is 330 Å². The summed E-state index contributed by atoms with van der Waals surface area (Å²) in [6.45, 7) is 52.9. The van der Waals surface area contributed by atoms with E-state index >= 15 is 0 Å². The molecule has 3 atom stereocenters. The van der Waals surface area contributed by atoms with Crippen LogP contribution in [-0.2, 0) is 128 Å². The van der Waals surface area contributed by atoms with Crippen LogP contribution in [0.3, 0.4) is 0 Å². The fourth-order valence-electron chi connectivity index (χ4n) is 10.3. The van der Waals surface area contributed by atoms with E-state index < -0.39 is 16.8 Å². The Bertz CT molecular complexity index is 2050. The second-order valence-electron chi connectivity index (χ2n) is 30.3. The van der Waals surface area contributed by atoms with E-state index in [2.05, 4.69) is 33.6 Å². The molecule has 0 bridgehead atoms. The Balaban J connectivity index is -0.000000349. The molecule has 0 aromatic heterocycles. The maximum Gasteiger partial charge on any atom is 0.138 e. The van der Waals surface area contributed by atoms with Crippen molar-refractivity contribution in [3.05, 3.63) is 0 Å². The monoisotopic (exact) mass is 1850 g/mol. The van der Waals surface area contributed by atoms with Crippen LogP contribution in [0.25, 0.3) is 0 Å². The molecule has 127 heavy (non-hydrogen) atoms. The standard InChI is InChI=1S/C20H42O9.C17H26N2O4.C15H32O6.C14H30O6.C14H30O5.C11H24O4/c1-4-7-23-10-13-26-16-20(29-19(2)3,17-27-14-11-24-8-5-21)18-28-15-12-25-9-6-22;1-4-5-10-20-13-17(23-16(2)3,14-21-11-6-8-18)15-22-12-7-9-19;1-4-6-17-8-10-19-12-15(21-14(2)3)13-20-11-9-18-7-5-16;1-4-7-17-10-14(20-13(2)3,11-18-8-5-15)12-19-9-6-16;1-4-6-16-10-14(11-17-7-5-15)12-18-8-9-19-13(2)3;1-4-6-13-8-11(15-10(2)3)9-14-7-5-12/h19,21-22H,4-18H2,1-3H3;1,16H,5-7,10-15H2,2-3H3;14-16H,4-13H2,1-3H3;13,15-16H,4-12H2,1-3H3;13-15H,4-12H2,1-3H3;10-12H,4-9H2,1-3H3. The van der Waals surface area contributed by atoms with Crippen molar-refractivity contribution in [3.63, 3.8) is 0 Å². The first kappa shape index (κ1) is 135. The number of aliphatic hydroxyl groups excluding tert-OH is 7. The van der Waals surface area contributed by atoms with Crippen molar-refractivity contribution in [3.8, 4) is 24.5 Å². The van der Waals surface area contributed by atoms with E-state index in [4.69, 9.17) is 181 Å². The maximum atomic E-state index is 8.81. The van der Waals surface area contributed by atoms with Gasteiger partial charge in [0.15, 0.2) is 0 Å². The van der Waals surface area contributed by atoms with E-state index in [9.17, 15) is 0 Å². The van der Waals surface area contributed by atoms with Gasteiger partial charge >= 0.3 is 0 Å². The van der Waals surface area contributed by atoms with E-state index in [0.29, 0.717) is 211 Å². The summed E-state index contributed by atoms with van der Waals surface area (Å²) < 4.78 is 150. The minimum atomic E-state index is -0.784. The molecular formula is C91H184N2O34. The van der Waals surface area contributed by atoms with Gasteiger partial charge in [-0.1, -0.05) is 34.6 Å². The van der Waals surface area contributed by atoms with E-state index in [1.807, 2.05) is 102 Å². The Hall–Kier alpha value is -2.82. The van der Waals surface area contributed by atoms with Crippen molar-refractivity contribution in [2.24, 2.45) is 5.92 Å². The second kappa shape index (κ2) is 109. The SMILES string of the molecule is C#CCCOCC(COCCC#N)(COCCC#N)OC(C)C.CCCOCC(COCCO)(COCCO)OC(C)C.CCCOCC(COCCO)COCCOC(C)C.CCCOCC(COCCO)OC(C)C.CCCOCCOCC(COCCOCCO)(COCCOCCO)OC(C)C.CCCOCCOCC(COCCOCCO)OC(C)C. The van der Waals surface area contributed by atoms with Gasteiger partial charge in [0.2, 0.25) is 0 Å². The molecule has 0 fully saturated rings. The largest absolute Gasteiger partial charge is 0.394 e. The van der Waals surface area contributed by atoms with Crippen LogP contribution < -0.4 is 0 Å². The van der Waals surface area contributed by atoms with E-state index in [1.54, 1.807) is 0 Å². The third kappa shape index (κ3) is 107. The highest BCUT2D eigenvalue weighted by Crippen LogP contribution is 2.21. The average Bonchev–Trinajstić information content (AvgIpc) is 0.872. The third-order valence-corrected chi connectivity index (χ3v) is 15.0. The van der Waals surface area contributed by atoms with Crippen molar-refractivity contribution in [2.45, 2.75) is 235 Å². The predicted octanol–water partition coefficient (Wildman–Crippen LogP) is 7.23. The van der Waals surface area contributed by atoms with Gasteiger partial charge in [0.25, 0.3) is 0 Å². The summed E-state index contributed by atoms with van der Waals surface area (Å²) in [7, 11) is 0. The summed E-state index contributed by atoms with van der Waals surface area (Å²) in [6, 6.07) is 4.06. The second-order valence-corrected chi connectivity index (χ2v) is 30.3. The van der Waals surface area contributed by atoms with E-state index in [1.165, 1.54) is 0 Å². The molecule has 762 valence electrons. The highest BCUT2D eigenvalue weighted by atomic mass is 16.6. The normalized spacial score (nSPS) is 12.4. The van der Waals surface area contributed by atoms with Crippen LogP contribution >= 0.6 is 0 Å². The van der Waals surface area contributed by atoms with Crippen LogP contribution in [0.1, 0.15) is 169 Å². The first-order valence-corrected chi connectivity index (χ1v) is 45.9. The average molecular weight is 1850 g/mol. The molecule has 0 saturated carbocycles. The zero-order valence-electron chi connectivity index (χ0n) is 81.8. The first-order chi connectivity index (χ1) is 61.4. The smallest absolute Gasteiger partial charge is 0.138 e. The molecular weight excluding hydrogens is 1660 g/mol. The molecule has 0 spiro atoms. The molecule has 0 saturated heterocycles. The fourth-order valence-corrected chi connectivity index (χ4v) is 10.3. The Kier molecular flexibility index (Phi) is 115. The summed E-state index contributed by atoms with van der Waals surface area (Å²) >= 11 is 0. The Morgan fingerprint density at radius 1 is 0.236 bits per heavy atom. The molecule has 36 nitrogen and oxygen atoms in total. The van der Waals surface area contributed by atoms with E-state index in [0.717, 1.165) is 51.9 Å². The van der Waals surface area contributed by atoms with Crippen LogP contribution in [0.4, 0.5) is 0 Å². The quantitative estimate of drug-likeness (QED) is 0.0233. The Morgan fingerprint density at radius 3 is 0.724 bits per heavy atom. The van der Waals surface area contributed by atoms with Gasteiger partial charge in [-0.25, -0.2) is 0 Å². The molecule has 0 amide bonds. The number of nitrogens with zero attached hydrogens (tertiary/aromatic N) is 2. The van der Waals surface area contributed by atoms with Crippen molar-refractivity contribution in [1.82, 2.24) is 0 Å². The van der Waals surface area contributed by atoms with Crippen LogP contribution in [0, 0.1) is 40.9 Å². The summed E-state index contributed by atoms with van der Waals surface area (Å²) in [6.07, 6.45) is 11.6. The molecule has 0 heterocycles. The number of rotatable bonds is 91. The molecule has 0 aliphatic carbocycles. The Morgan fingerprint density at radius 2 is 0.441 bits per heavy atom. The van der Waals surface area contributed by atoms with Crippen LogP contribution in [0.5, 0.6) is 0 Å².